The molecule has 1 aromatic rings. The van der Waals surface area contributed by atoms with Crippen molar-refractivity contribution in [3.63, 3.8) is 0 Å². The van der Waals surface area contributed by atoms with E-state index in [2.05, 4.69) is 10.9 Å². The molecule has 1 aliphatic heterocycles. The van der Waals surface area contributed by atoms with Crippen LogP contribution in [0, 0.1) is 0 Å². The van der Waals surface area contributed by atoms with E-state index in [-0.39, 0.29) is 11.8 Å². The standard InChI is InChI=1S/C10H12N2O/c13-10-9(6-7-11-12-10)8-4-2-1-3-5-8/h1-5,9,11H,6-7H2,(H,12,13). The van der Waals surface area contributed by atoms with Crippen molar-refractivity contribution in [2.75, 3.05) is 6.54 Å². The van der Waals surface area contributed by atoms with Gasteiger partial charge in [-0.05, 0) is 12.0 Å². The maximum Gasteiger partial charge on any atom is 0.241 e. The van der Waals surface area contributed by atoms with E-state index in [9.17, 15) is 4.79 Å². The summed E-state index contributed by atoms with van der Waals surface area (Å²) in [6, 6.07) is 9.88. The highest BCUT2D eigenvalue weighted by atomic mass is 16.2. The van der Waals surface area contributed by atoms with E-state index < -0.39 is 0 Å². The lowest BCUT2D eigenvalue weighted by atomic mass is 9.94. The topological polar surface area (TPSA) is 41.1 Å². The van der Waals surface area contributed by atoms with Gasteiger partial charge in [-0.3, -0.25) is 10.2 Å². The monoisotopic (exact) mass is 176 g/mol. The van der Waals surface area contributed by atoms with Gasteiger partial charge in [-0.1, -0.05) is 30.3 Å². The first-order valence-corrected chi connectivity index (χ1v) is 4.45. The molecule has 68 valence electrons. The molecule has 1 heterocycles. The van der Waals surface area contributed by atoms with Gasteiger partial charge in [0.05, 0.1) is 5.92 Å². The molecule has 1 aliphatic rings. The van der Waals surface area contributed by atoms with Crippen molar-refractivity contribution in [2.24, 2.45) is 0 Å². The van der Waals surface area contributed by atoms with Crippen LogP contribution in [0.5, 0.6) is 0 Å². The summed E-state index contributed by atoms with van der Waals surface area (Å²) in [6.07, 6.45) is 0.871. The Morgan fingerprint density at radius 1 is 1.23 bits per heavy atom. The number of rotatable bonds is 1. The number of amides is 1. The van der Waals surface area contributed by atoms with Crippen molar-refractivity contribution >= 4 is 5.91 Å². The Bertz CT molecular complexity index is 297. The second-order valence-electron chi connectivity index (χ2n) is 3.17. The molecule has 0 bridgehead atoms. The van der Waals surface area contributed by atoms with Gasteiger partial charge in [0.15, 0.2) is 0 Å². The number of hydrazine groups is 1. The third-order valence-electron chi connectivity index (χ3n) is 2.29. The molecule has 1 unspecified atom stereocenters. The summed E-state index contributed by atoms with van der Waals surface area (Å²) in [7, 11) is 0. The number of hydrogen-bond donors (Lipinski definition) is 2. The molecular formula is C10H12N2O. The van der Waals surface area contributed by atoms with Gasteiger partial charge in [-0.25, -0.2) is 5.43 Å². The van der Waals surface area contributed by atoms with E-state index in [1.165, 1.54) is 0 Å². The SMILES string of the molecule is O=C1NNCCC1c1ccccc1. The van der Waals surface area contributed by atoms with Crippen LogP contribution >= 0.6 is 0 Å². The number of benzene rings is 1. The van der Waals surface area contributed by atoms with E-state index in [1.807, 2.05) is 30.3 Å². The molecule has 13 heavy (non-hydrogen) atoms. The smallest absolute Gasteiger partial charge is 0.241 e. The molecule has 2 rings (SSSR count). The first kappa shape index (κ1) is 8.26. The third kappa shape index (κ3) is 1.70. The lowest BCUT2D eigenvalue weighted by Crippen LogP contribution is -2.46. The van der Waals surface area contributed by atoms with Gasteiger partial charge < -0.3 is 0 Å². The van der Waals surface area contributed by atoms with Gasteiger partial charge in [-0.2, -0.15) is 0 Å². The normalized spacial score (nSPS) is 22.5. The van der Waals surface area contributed by atoms with Crippen molar-refractivity contribution in [1.29, 1.82) is 0 Å². The van der Waals surface area contributed by atoms with E-state index in [0.29, 0.717) is 0 Å². The van der Waals surface area contributed by atoms with Crippen LogP contribution in [0.2, 0.25) is 0 Å². The molecule has 1 aromatic carbocycles. The van der Waals surface area contributed by atoms with Gasteiger partial charge in [0, 0.05) is 6.54 Å². The summed E-state index contributed by atoms with van der Waals surface area (Å²) in [4.78, 5) is 11.4. The fraction of sp³-hybridized carbons (Fsp3) is 0.300. The molecule has 1 atom stereocenters. The number of carbonyl (C=O) groups is 1. The molecule has 3 heteroatoms. The first-order valence-electron chi connectivity index (χ1n) is 4.45. The Labute approximate surface area is 77.1 Å². The van der Waals surface area contributed by atoms with Crippen LogP contribution in [0.3, 0.4) is 0 Å². The summed E-state index contributed by atoms with van der Waals surface area (Å²) < 4.78 is 0. The molecule has 0 aliphatic carbocycles. The maximum absolute atomic E-state index is 11.4. The first-order chi connectivity index (χ1) is 6.38. The lowest BCUT2D eigenvalue weighted by molar-refractivity contribution is -0.125. The quantitative estimate of drug-likeness (QED) is 0.664. The van der Waals surface area contributed by atoms with Crippen LogP contribution in [-0.4, -0.2) is 12.5 Å². The highest BCUT2D eigenvalue weighted by Gasteiger charge is 2.22. The molecule has 1 amide bonds. The van der Waals surface area contributed by atoms with Crippen molar-refractivity contribution < 1.29 is 4.79 Å². The second-order valence-corrected chi connectivity index (χ2v) is 3.17. The maximum atomic E-state index is 11.4. The van der Waals surface area contributed by atoms with E-state index in [1.54, 1.807) is 0 Å². The summed E-state index contributed by atoms with van der Waals surface area (Å²) in [5, 5.41) is 0. The summed E-state index contributed by atoms with van der Waals surface area (Å²) in [5.74, 6) is 0.0832. The molecule has 0 saturated carbocycles. The highest BCUT2D eigenvalue weighted by Crippen LogP contribution is 2.20. The zero-order valence-electron chi connectivity index (χ0n) is 7.29. The van der Waals surface area contributed by atoms with Gasteiger partial charge in [-0.15, -0.1) is 0 Å². The van der Waals surface area contributed by atoms with E-state index >= 15 is 0 Å². The summed E-state index contributed by atoms with van der Waals surface area (Å²) in [5.41, 5.74) is 6.57. The van der Waals surface area contributed by atoms with Crippen molar-refractivity contribution in [3.05, 3.63) is 35.9 Å². The predicted molar refractivity (Wildman–Crippen MR) is 49.9 cm³/mol. The van der Waals surface area contributed by atoms with Crippen molar-refractivity contribution in [2.45, 2.75) is 12.3 Å². The molecule has 1 fully saturated rings. The molecular weight excluding hydrogens is 164 g/mol. The molecule has 0 radical (unpaired) electrons. The van der Waals surface area contributed by atoms with Gasteiger partial charge in [0.2, 0.25) is 5.91 Å². The van der Waals surface area contributed by atoms with Gasteiger partial charge in [0.1, 0.15) is 0 Å². The average Bonchev–Trinajstić information content (AvgIpc) is 2.20. The summed E-state index contributed by atoms with van der Waals surface area (Å²) in [6.45, 7) is 0.839. The third-order valence-corrected chi connectivity index (χ3v) is 2.29. The zero-order chi connectivity index (χ0) is 9.10. The van der Waals surface area contributed by atoms with Crippen LogP contribution < -0.4 is 10.9 Å². The van der Waals surface area contributed by atoms with E-state index in [0.717, 1.165) is 18.5 Å². The minimum atomic E-state index is 0.0162. The largest absolute Gasteiger partial charge is 0.291 e. The Morgan fingerprint density at radius 2 is 2.00 bits per heavy atom. The Morgan fingerprint density at radius 3 is 2.69 bits per heavy atom. The Balaban J connectivity index is 2.20. The lowest BCUT2D eigenvalue weighted by Gasteiger charge is -2.22. The molecule has 0 spiro atoms. The molecule has 3 nitrogen and oxygen atoms in total. The molecule has 0 aromatic heterocycles. The number of nitrogens with one attached hydrogen (secondary N) is 2. The van der Waals surface area contributed by atoms with Crippen LogP contribution in [-0.2, 0) is 4.79 Å². The zero-order valence-corrected chi connectivity index (χ0v) is 7.29. The van der Waals surface area contributed by atoms with Crippen molar-refractivity contribution in [3.8, 4) is 0 Å². The van der Waals surface area contributed by atoms with Crippen LogP contribution in [0.15, 0.2) is 30.3 Å². The Kier molecular flexibility index (Phi) is 2.27. The second kappa shape index (κ2) is 3.58. The van der Waals surface area contributed by atoms with Gasteiger partial charge >= 0.3 is 0 Å². The van der Waals surface area contributed by atoms with Crippen molar-refractivity contribution in [1.82, 2.24) is 10.9 Å². The van der Waals surface area contributed by atoms with Crippen LogP contribution in [0.25, 0.3) is 0 Å². The summed E-state index contributed by atoms with van der Waals surface area (Å²) >= 11 is 0. The molecule has 2 N–H and O–H groups in total. The minimum Gasteiger partial charge on any atom is -0.291 e. The van der Waals surface area contributed by atoms with Gasteiger partial charge in [0.25, 0.3) is 0 Å². The van der Waals surface area contributed by atoms with Crippen LogP contribution in [0.4, 0.5) is 0 Å². The number of hydrogen-bond acceptors (Lipinski definition) is 2. The predicted octanol–water partition coefficient (Wildman–Crippen LogP) is 0.795. The molecule has 1 saturated heterocycles. The Hall–Kier alpha value is -1.35. The average molecular weight is 176 g/mol. The minimum absolute atomic E-state index is 0.0162. The number of carbonyl (C=O) groups excluding carboxylic acids is 1. The van der Waals surface area contributed by atoms with E-state index in [4.69, 9.17) is 0 Å². The fourth-order valence-corrected chi connectivity index (χ4v) is 1.59. The van der Waals surface area contributed by atoms with Crippen LogP contribution in [0.1, 0.15) is 17.9 Å². The fourth-order valence-electron chi connectivity index (χ4n) is 1.59. The highest BCUT2D eigenvalue weighted by molar-refractivity contribution is 5.83.